The number of hydrogen-bond donors (Lipinski definition) is 1. The van der Waals surface area contributed by atoms with Gasteiger partial charge in [0.2, 0.25) is 0 Å². The first-order valence-electron chi connectivity index (χ1n) is 9.02. The molecular formula is C21H16N4O3S. The fraction of sp³-hybridized carbons (Fsp3) is 0.0952. The van der Waals surface area contributed by atoms with E-state index in [0.29, 0.717) is 34.7 Å². The molecule has 0 fully saturated rings. The van der Waals surface area contributed by atoms with Gasteiger partial charge >= 0.3 is 0 Å². The maximum absolute atomic E-state index is 12.9. The molecule has 0 amide bonds. The number of carbonyl (C=O) groups is 1. The molecule has 0 atom stereocenters. The zero-order valence-electron chi connectivity index (χ0n) is 15.2. The molecule has 0 saturated heterocycles. The third kappa shape index (κ3) is 2.76. The summed E-state index contributed by atoms with van der Waals surface area (Å²) in [7, 11) is 0. The zero-order chi connectivity index (χ0) is 20.0. The maximum atomic E-state index is 12.9. The summed E-state index contributed by atoms with van der Waals surface area (Å²) in [4.78, 5) is 31.3. The van der Waals surface area contributed by atoms with Crippen molar-refractivity contribution in [2.24, 2.45) is 0 Å². The molecule has 5 rings (SSSR count). The molecule has 0 unspecified atom stereocenters. The van der Waals surface area contributed by atoms with Gasteiger partial charge in [-0.3, -0.25) is 14.2 Å². The van der Waals surface area contributed by atoms with Crippen LogP contribution in [0.2, 0.25) is 0 Å². The Morgan fingerprint density at radius 3 is 2.76 bits per heavy atom. The molecule has 8 heteroatoms. The van der Waals surface area contributed by atoms with Crippen molar-refractivity contribution < 1.29 is 9.53 Å². The number of hydrogen-bond acceptors (Lipinski definition) is 7. The van der Waals surface area contributed by atoms with Gasteiger partial charge in [0, 0.05) is 11.1 Å². The Balaban J connectivity index is 1.76. The number of nitrogens with zero attached hydrogens (tertiary/aromatic N) is 3. The number of ether oxygens (including phenoxy) is 1. The summed E-state index contributed by atoms with van der Waals surface area (Å²) < 4.78 is 7.27. The number of nitrogens with two attached hydrogens (primary N) is 1. The van der Waals surface area contributed by atoms with Crippen LogP contribution in [-0.4, -0.2) is 29.0 Å². The second-order valence-corrected chi connectivity index (χ2v) is 7.45. The van der Waals surface area contributed by atoms with E-state index in [4.69, 9.17) is 10.5 Å². The summed E-state index contributed by atoms with van der Waals surface area (Å²) in [5.41, 5.74) is 8.76. The minimum absolute atomic E-state index is 0.106. The van der Waals surface area contributed by atoms with Crippen molar-refractivity contribution in [2.45, 2.75) is 0 Å². The number of aldehydes is 1. The highest BCUT2D eigenvalue weighted by Crippen LogP contribution is 2.38. The second-order valence-electron chi connectivity index (χ2n) is 6.59. The van der Waals surface area contributed by atoms with Gasteiger partial charge in [-0.15, -0.1) is 11.3 Å². The first kappa shape index (κ1) is 17.4. The number of para-hydroxylation sites is 1. The Labute approximate surface area is 169 Å². The van der Waals surface area contributed by atoms with E-state index in [1.807, 2.05) is 42.5 Å². The topological polar surface area (TPSA) is 90.4 Å². The summed E-state index contributed by atoms with van der Waals surface area (Å²) >= 11 is 1.28. The van der Waals surface area contributed by atoms with Crippen LogP contribution < -0.4 is 20.9 Å². The summed E-state index contributed by atoms with van der Waals surface area (Å²) in [5, 5.41) is 1.68. The lowest BCUT2D eigenvalue weighted by Crippen LogP contribution is -2.29. The van der Waals surface area contributed by atoms with Gasteiger partial charge in [-0.2, -0.15) is 0 Å². The number of fused-ring (bicyclic) bond motifs is 2. The van der Waals surface area contributed by atoms with Crippen LogP contribution in [0.15, 0.2) is 58.7 Å². The third-order valence-corrected chi connectivity index (χ3v) is 5.78. The highest BCUT2D eigenvalue weighted by atomic mass is 32.1. The van der Waals surface area contributed by atoms with Crippen molar-refractivity contribution in [1.29, 1.82) is 0 Å². The van der Waals surface area contributed by atoms with Crippen LogP contribution in [0.25, 0.3) is 16.0 Å². The number of thiophene rings is 1. The molecular weight excluding hydrogens is 388 g/mol. The molecule has 7 nitrogen and oxygen atoms in total. The average Bonchev–Trinajstić information content (AvgIpc) is 3.16. The minimum Gasteiger partial charge on any atom is -0.490 e. The van der Waals surface area contributed by atoms with Crippen LogP contribution in [0.1, 0.15) is 10.4 Å². The quantitative estimate of drug-likeness (QED) is 0.527. The van der Waals surface area contributed by atoms with Crippen LogP contribution >= 0.6 is 11.3 Å². The smallest absolute Gasteiger partial charge is 0.298 e. The highest BCUT2D eigenvalue weighted by Gasteiger charge is 2.22. The molecule has 0 bridgehead atoms. The monoisotopic (exact) mass is 404 g/mol. The van der Waals surface area contributed by atoms with E-state index in [2.05, 4.69) is 9.88 Å². The molecule has 4 aromatic rings. The molecule has 1 aliphatic rings. The highest BCUT2D eigenvalue weighted by molar-refractivity contribution is 7.17. The number of benzene rings is 2. The Kier molecular flexibility index (Phi) is 4.06. The standard InChI is InChI=1S/C21H16N4O3S/c22-19-21(27)25(18-13(11-26)12-29-20(18)23-19)15-6-7-17-16(10-15)24(8-9-28-17)14-4-2-1-3-5-14/h1-7,10-12H,8-9H2,(H2,22,23). The minimum atomic E-state index is -0.457. The molecule has 0 spiro atoms. The van der Waals surface area contributed by atoms with Gasteiger partial charge in [-0.25, -0.2) is 4.98 Å². The number of carbonyl (C=O) groups excluding carboxylic acids is 1. The van der Waals surface area contributed by atoms with Gasteiger partial charge in [0.1, 0.15) is 17.2 Å². The molecule has 2 N–H and O–H groups in total. The Hall–Kier alpha value is -3.65. The first-order valence-corrected chi connectivity index (χ1v) is 9.90. The van der Waals surface area contributed by atoms with Gasteiger partial charge in [-0.05, 0) is 30.3 Å². The number of aromatic nitrogens is 2. The van der Waals surface area contributed by atoms with Gasteiger partial charge in [-0.1, -0.05) is 18.2 Å². The van der Waals surface area contributed by atoms with Gasteiger partial charge in [0.25, 0.3) is 5.56 Å². The normalized spacial score (nSPS) is 13.2. The number of nitrogen functional groups attached to an aromatic ring is 1. The Morgan fingerprint density at radius 2 is 1.97 bits per heavy atom. The summed E-state index contributed by atoms with van der Waals surface area (Å²) in [5.74, 6) is 0.627. The molecule has 3 heterocycles. The summed E-state index contributed by atoms with van der Waals surface area (Å²) in [6.07, 6.45) is 0.727. The third-order valence-electron chi connectivity index (χ3n) is 4.90. The zero-order valence-corrected chi connectivity index (χ0v) is 16.1. The molecule has 2 aromatic carbocycles. The first-order chi connectivity index (χ1) is 14.2. The van der Waals surface area contributed by atoms with Crippen molar-refractivity contribution in [2.75, 3.05) is 23.8 Å². The SMILES string of the molecule is Nc1nc2scc(C=O)c2n(-c2ccc3c(c2)N(c2ccccc2)CCO3)c1=O. The fourth-order valence-electron chi connectivity index (χ4n) is 3.58. The van der Waals surface area contributed by atoms with Crippen molar-refractivity contribution in [3.05, 3.63) is 69.8 Å². The lowest BCUT2D eigenvalue weighted by molar-refractivity contribution is 0.112. The van der Waals surface area contributed by atoms with Gasteiger partial charge < -0.3 is 15.4 Å². The van der Waals surface area contributed by atoms with E-state index in [1.165, 1.54) is 15.9 Å². The lowest BCUT2D eigenvalue weighted by atomic mass is 10.1. The van der Waals surface area contributed by atoms with Crippen LogP contribution in [0.5, 0.6) is 5.75 Å². The van der Waals surface area contributed by atoms with Crippen molar-refractivity contribution in [3.63, 3.8) is 0 Å². The molecule has 0 aliphatic carbocycles. The van der Waals surface area contributed by atoms with Crippen LogP contribution in [0.4, 0.5) is 17.2 Å². The summed E-state index contributed by atoms with van der Waals surface area (Å²) in [6, 6.07) is 15.5. The van der Waals surface area contributed by atoms with Gasteiger partial charge in [0.05, 0.1) is 29.0 Å². The second kappa shape index (κ2) is 6.75. The van der Waals surface area contributed by atoms with E-state index >= 15 is 0 Å². The van der Waals surface area contributed by atoms with Crippen LogP contribution in [-0.2, 0) is 0 Å². The Morgan fingerprint density at radius 1 is 1.14 bits per heavy atom. The Bertz CT molecular complexity index is 1300. The van der Waals surface area contributed by atoms with Crippen LogP contribution in [0.3, 0.4) is 0 Å². The van der Waals surface area contributed by atoms with E-state index in [-0.39, 0.29) is 5.82 Å². The fourth-order valence-corrected chi connectivity index (χ4v) is 4.46. The predicted octanol–water partition coefficient (Wildman–Crippen LogP) is 3.37. The van der Waals surface area contributed by atoms with E-state index < -0.39 is 5.56 Å². The van der Waals surface area contributed by atoms with E-state index in [1.54, 1.807) is 11.4 Å². The van der Waals surface area contributed by atoms with Crippen LogP contribution in [0, 0.1) is 0 Å². The van der Waals surface area contributed by atoms with Crippen molar-refractivity contribution in [3.8, 4) is 11.4 Å². The average molecular weight is 404 g/mol. The number of rotatable bonds is 3. The largest absolute Gasteiger partial charge is 0.490 e. The van der Waals surface area contributed by atoms with Crippen molar-refractivity contribution in [1.82, 2.24) is 9.55 Å². The molecule has 0 radical (unpaired) electrons. The molecule has 144 valence electrons. The van der Waals surface area contributed by atoms with Gasteiger partial charge in [0.15, 0.2) is 12.1 Å². The maximum Gasteiger partial charge on any atom is 0.298 e. The van der Waals surface area contributed by atoms with E-state index in [9.17, 15) is 9.59 Å². The predicted molar refractivity (Wildman–Crippen MR) is 114 cm³/mol. The molecule has 0 saturated carbocycles. The molecule has 29 heavy (non-hydrogen) atoms. The van der Waals surface area contributed by atoms with Crippen molar-refractivity contribution >= 4 is 45.2 Å². The summed E-state index contributed by atoms with van der Waals surface area (Å²) in [6.45, 7) is 1.24. The number of anilines is 3. The molecule has 2 aromatic heterocycles. The lowest BCUT2D eigenvalue weighted by Gasteiger charge is -2.31. The van der Waals surface area contributed by atoms with E-state index in [0.717, 1.165) is 23.4 Å². The molecule has 1 aliphatic heterocycles.